The molecule has 13 heavy (non-hydrogen) atoms. The quantitative estimate of drug-likeness (QED) is 0.697. The van der Waals surface area contributed by atoms with Crippen molar-refractivity contribution in [2.45, 2.75) is 13.2 Å². The smallest absolute Gasteiger partial charge is 0.115 e. The van der Waals surface area contributed by atoms with E-state index in [0.29, 0.717) is 6.54 Å². The first-order chi connectivity index (χ1) is 6.22. The zero-order chi connectivity index (χ0) is 9.68. The monoisotopic (exact) mass is 199 g/mol. The van der Waals surface area contributed by atoms with E-state index in [9.17, 15) is 4.55 Å². The number of aliphatic hydroxyl groups is 1. The van der Waals surface area contributed by atoms with Gasteiger partial charge in [0.1, 0.15) is 6.26 Å². The van der Waals surface area contributed by atoms with Gasteiger partial charge in [-0.15, -0.1) is 4.72 Å². The number of benzene rings is 1. The molecule has 3 nitrogen and oxygen atoms in total. The summed E-state index contributed by atoms with van der Waals surface area (Å²) >= 11 is -0.973. The Bertz CT molecular complexity index is 248. The van der Waals surface area contributed by atoms with Crippen molar-refractivity contribution >= 4 is 11.4 Å². The van der Waals surface area contributed by atoms with Gasteiger partial charge in [0.2, 0.25) is 0 Å². The summed E-state index contributed by atoms with van der Waals surface area (Å²) in [6, 6.07) is 7.53. The lowest BCUT2D eigenvalue weighted by Gasteiger charge is -2.05. The van der Waals surface area contributed by atoms with E-state index in [1.807, 2.05) is 24.3 Å². The van der Waals surface area contributed by atoms with Gasteiger partial charge >= 0.3 is 0 Å². The summed E-state index contributed by atoms with van der Waals surface area (Å²) in [6.45, 7) is 0.655. The highest BCUT2D eigenvalue weighted by molar-refractivity contribution is 7.88. The van der Waals surface area contributed by atoms with Crippen molar-refractivity contribution in [2.24, 2.45) is 0 Å². The van der Waals surface area contributed by atoms with E-state index in [-0.39, 0.29) is 6.61 Å². The third-order valence-corrected chi connectivity index (χ3v) is 2.24. The topological polar surface area (TPSA) is 55.3 Å². The lowest BCUT2D eigenvalue weighted by molar-refractivity contribution is 0.282. The molecule has 4 heteroatoms. The van der Waals surface area contributed by atoms with Crippen molar-refractivity contribution in [3.63, 3.8) is 0 Å². The lowest BCUT2D eigenvalue weighted by Crippen LogP contribution is -2.21. The Morgan fingerprint density at radius 2 is 1.85 bits per heavy atom. The maximum atomic E-state index is 10.7. The molecule has 0 heterocycles. The molecule has 0 radical (unpaired) electrons. The first-order valence-corrected chi connectivity index (χ1v) is 5.54. The van der Waals surface area contributed by atoms with E-state index in [1.165, 1.54) is 0 Å². The molecule has 1 rings (SSSR count). The maximum absolute atomic E-state index is 10.7. The van der Waals surface area contributed by atoms with Crippen molar-refractivity contribution in [1.82, 2.24) is 4.72 Å². The highest BCUT2D eigenvalue weighted by Crippen LogP contribution is 2.04. The van der Waals surface area contributed by atoms with Crippen LogP contribution in [0.1, 0.15) is 11.1 Å². The molecule has 72 valence electrons. The number of nitrogens with one attached hydrogen (secondary N) is 1. The molecule has 0 saturated carbocycles. The van der Waals surface area contributed by atoms with Crippen LogP contribution in [0.25, 0.3) is 0 Å². The van der Waals surface area contributed by atoms with Crippen LogP contribution in [-0.2, 0) is 24.5 Å². The zero-order valence-corrected chi connectivity index (χ0v) is 8.30. The summed E-state index contributed by atoms with van der Waals surface area (Å²) in [5, 5.41) is 8.78. The maximum Gasteiger partial charge on any atom is 0.115 e. The Morgan fingerprint density at radius 3 is 2.31 bits per heavy atom. The SMILES string of the molecule is C[S+]([O-])NCc1ccc(CO)cc1. The standard InChI is InChI=1S/C9H13NO2S/c1-13(12)10-6-8-2-4-9(7-11)5-3-8/h2-5,10-11H,6-7H2,1H3. The van der Waals surface area contributed by atoms with Crippen LogP contribution < -0.4 is 4.72 Å². The van der Waals surface area contributed by atoms with E-state index < -0.39 is 11.4 Å². The second-order valence-corrected chi connectivity index (χ2v) is 3.95. The highest BCUT2D eigenvalue weighted by Gasteiger charge is 1.97. The van der Waals surface area contributed by atoms with Gasteiger partial charge in [0.05, 0.1) is 13.2 Å². The summed E-state index contributed by atoms with van der Waals surface area (Å²) in [5.74, 6) is 0. The molecular weight excluding hydrogens is 186 g/mol. The van der Waals surface area contributed by atoms with Gasteiger partial charge in [0.15, 0.2) is 0 Å². The average molecular weight is 199 g/mol. The van der Waals surface area contributed by atoms with Crippen molar-refractivity contribution in [3.05, 3.63) is 35.4 Å². The molecule has 0 bridgehead atoms. The number of hydrogen-bond acceptors (Lipinski definition) is 3. The minimum Gasteiger partial charge on any atom is -0.598 e. The molecule has 0 aliphatic carbocycles. The fourth-order valence-corrected chi connectivity index (χ4v) is 1.32. The van der Waals surface area contributed by atoms with Crippen LogP contribution >= 0.6 is 0 Å². The van der Waals surface area contributed by atoms with Crippen LogP contribution in [0, 0.1) is 0 Å². The molecular formula is C9H13NO2S. The van der Waals surface area contributed by atoms with E-state index in [2.05, 4.69) is 4.72 Å². The van der Waals surface area contributed by atoms with Crippen molar-refractivity contribution in [3.8, 4) is 0 Å². The third kappa shape index (κ3) is 3.78. The minimum atomic E-state index is -0.973. The molecule has 1 aromatic carbocycles. The average Bonchev–Trinajstić information content (AvgIpc) is 2.15. The fraction of sp³-hybridized carbons (Fsp3) is 0.333. The first kappa shape index (κ1) is 10.5. The summed E-state index contributed by atoms with van der Waals surface area (Å²) in [7, 11) is 0. The molecule has 1 aromatic rings. The van der Waals surface area contributed by atoms with Gasteiger partial charge in [-0.2, -0.15) is 0 Å². The Hall–Kier alpha value is -0.550. The summed E-state index contributed by atoms with van der Waals surface area (Å²) in [6.07, 6.45) is 1.60. The van der Waals surface area contributed by atoms with Crippen molar-refractivity contribution in [1.29, 1.82) is 0 Å². The van der Waals surface area contributed by atoms with E-state index in [0.717, 1.165) is 11.1 Å². The normalized spacial score (nSPS) is 12.8. The van der Waals surface area contributed by atoms with E-state index >= 15 is 0 Å². The molecule has 2 N–H and O–H groups in total. The number of hydrogen-bond donors (Lipinski definition) is 2. The van der Waals surface area contributed by atoms with Crippen LogP contribution in [-0.4, -0.2) is 15.9 Å². The van der Waals surface area contributed by atoms with Crippen molar-refractivity contribution in [2.75, 3.05) is 6.26 Å². The molecule has 1 unspecified atom stereocenters. The van der Waals surface area contributed by atoms with Gasteiger partial charge in [0.25, 0.3) is 0 Å². The lowest BCUT2D eigenvalue weighted by atomic mass is 10.1. The summed E-state index contributed by atoms with van der Waals surface area (Å²) < 4.78 is 13.5. The second kappa shape index (κ2) is 5.24. The molecule has 0 saturated heterocycles. The molecule has 0 spiro atoms. The van der Waals surface area contributed by atoms with Gasteiger partial charge in [-0.1, -0.05) is 24.3 Å². The van der Waals surface area contributed by atoms with Crippen LogP contribution in [0.15, 0.2) is 24.3 Å². The predicted octanol–water partition coefficient (Wildman–Crippen LogP) is 0.562. The van der Waals surface area contributed by atoms with E-state index in [1.54, 1.807) is 6.26 Å². The van der Waals surface area contributed by atoms with E-state index in [4.69, 9.17) is 5.11 Å². The second-order valence-electron chi connectivity index (χ2n) is 2.75. The first-order valence-electron chi connectivity index (χ1n) is 3.98. The Labute approximate surface area is 81.1 Å². The van der Waals surface area contributed by atoms with Gasteiger partial charge < -0.3 is 9.66 Å². The zero-order valence-electron chi connectivity index (χ0n) is 7.49. The summed E-state index contributed by atoms with van der Waals surface area (Å²) in [4.78, 5) is 0. The molecule has 0 aliphatic heterocycles. The van der Waals surface area contributed by atoms with Crippen molar-refractivity contribution < 1.29 is 9.66 Å². The molecule has 1 atom stereocenters. The van der Waals surface area contributed by atoms with Crippen LogP contribution in [0.2, 0.25) is 0 Å². The largest absolute Gasteiger partial charge is 0.598 e. The van der Waals surface area contributed by atoms with Gasteiger partial charge in [-0.05, 0) is 11.1 Å². The molecule has 0 fully saturated rings. The van der Waals surface area contributed by atoms with Gasteiger partial charge in [-0.25, -0.2) is 0 Å². The van der Waals surface area contributed by atoms with Gasteiger partial charge in [0, 0.05) is 11.4 Å². The molecule has 0 aliphatic rings. The third-order valence-electron chi connectivity index (χ3n) is 1.69. The minimum absolute atomic E-state index is 0.0629. The van der Waals surface area contributed by atoms with Crippen LogP contribution in [0.5, 0.6) is 0 Å². The molecule has 0 amide bonds. The Morgan fingerprint density at radius 1 is 1.31 bits per heavy atom. The Balaban J connectivity index is 2.49. The Kier molecular flexibility index (Phi) is 4.24. The number of rotatable bonds is 4. The van der Waals surface area contributed by atoms with Crippen LogP contribution in [0.3, 0.4) is 0 Å². The predicted molar refractivity (Wildman–Crippen MR) is 53.3 cm³/mol. The highest BCUT2D eigenvalue weighted by atomic mass is 32.2. The van der Waals surface area contributed by atoms with Crippen LogP contribution in [0.4, 0.5) is 0 Å². The van der Waals surface area contributed by atoms with Gasteiger partial charge in [-0.3, -0.25) is 0 Å². The molecule has 0 aromatic heterocycles. The fourth-order valence-electron chi connectivity index (χ4n) is 0.947. The number of aliphatic hydroxyl groups excluding tert-OH is 1. The summed E-state index contributed by atoms with van der Waals surface area (Å²) in [5.41, 5.74) is 1.95.